The fourth-order valence-corrected chi connectivity index (χ4v) is 2.18. The van der Waals surface area contributed by atoms with Crippen LogP contribution in [0.2, 0.25) is 0 Å². The zero-order valence-electron chi connectivity index (χ0n) is 11.1. The molecule has 1 heterocycles. The smallest absolute Gasteiger partial charge is 0.314 e. The highest BCUT2D eigenvalue weighted by Gasteiger charge is 2.32. The zero-order valence-corrected chi connectivity index (χ0v) is 11.1. The van der Waals surface area contributed by atoms with Crippen LogP contribution >= 0.6 is 0 Å². The number of ether oxygens (including phenoxy) is 2. The molecule has 0 saturated heterocycles. The number of Topliss-reactive ketones (excluding diaryl/α,β-unsaturated/α-hetero) is 1. The van der Waals surface area contributed by atoms with Gasteiger partial charge in [0.25, 0.3) is 0 Å². The van der Waals surface area contributed by atoms with Crippen LogP contribution in [-0.2, 0) is 4.79 Å². The number of hydrogen-bond donors (Lipinski definition) is 1. The molecule has 102 valence electrons. The molecule has 2 rings (SSSR count). The largest absolute Gasteiger partial charge is 0.481 e. The van der Waals surface area contributed by atoms with Gasteiger partial charge >= 0.3 is 5.97 Å². The van der Waals surface area contributed by atoms with E-state index in [4.69, 9.17) is 9.47 Å². The Bertz CT molecular complexity index is 533. The van der Waals surface area contributed by atoms with Crippen LogP contribution in [0, 0.1) is 18.8 Å². The van der Waals surface area contributed by atoms with Crippen molar-refractivity contribution < 1.29 is 24.2 Å². The molecule has 0 radical (unpaired) electrons. The number of fused-ring (bicyclic) bond motifs is 1. The molecule has 1 aromatic rings. The number of hydrogen-bond acceptors (Lipinski definition) is 4. The molecule has 0 bridgehead atoms. The second kappa shape index (κ2) is 4.91. The van der Waals surface area contributed by atoms with Gasteiger partial charge in [0.05, 0.1) is 0 Å². The van der Waals surface area contributed by atoms with Crippen molar-refractivity contribution in [3.8, 4) is 11.5 Å². The molecule has 1 atom stereocenters. The van der Waals surface area contributed by atoms with E-state index in [2.05, 4.69) is 0 Å². The van der Waals surface area contributed by atoms with Gasteiger partial charge in [-0.1, -0.05) is 13.8 Å². The summed E-state index contributed by atoms with van der Waals surface area (Å²) in [7, 11) is 0. The minimum Gasteiger partial charge on any atom is -0.481 e. The van der Waals surface area contributed by atoms with Gasteiger partial charge < -0.3 is 14.6 Å². The molecule has 1 unspecified atom stereocenters. The normalized spacial score (nSPS) is 14.5. The van der Waals surface area contributed by atoms with Crippen LogP contribution in [0.1, 0.15) is 29.8 Å². The van der Waals surface area contributed by atoms with Crippen molar-refractivity contribution in [1.29, 1.82) is 0 Å². The van der Waals surface area contributed by atoms with E-state index in [1.807, 2.05) is 0 Å². The first-order chi connectivity index (χ1) is 8.91. The third-order valence-electron chi connectivity index (χ3n) is 3.20. The maximum atomic E-state index is 12.4. The molecule has 0 aromatic heterocycles. The summed E-state index contributed by atoms with van der Waals surface area (Å²) >= 11 is 0. The summed E-state index contributed by atoms with van der Waals surface area (Å²) in [5.74, 6) is -1.73. The molecule has 1 aliphatic heterocycles. The lowest BCUT2D eigenvalue weighted by molar-refractivity contribution is -0.141. The van der Waals surface area contributed by atoms with Crippen molar-refractivity contribution in [1.82, 2.24) is 0 Å². The molecule has 0 spiro atoms. The Balaban J connectivity index is 2.41. The van der Waals surface area contributed by atoms with Gasteiger partial charge in [-0.25, -0.2) is 0 Å². The van der Waals surface area contributed by atoms with Gasteiger partial charge in [0, 0.05) is 5.56 Å². The fourth-order valence-electron chi connectivity index (χ4n) is 2.18. The highest BCUT2D eigenvalue weighted by atomic mass is 16.7. The topological polar surface area (TPSA) is 72.8 Å². The van der Waals surface area contributed by atoms with Crippen LogP contribution < -0.4 is 9.47 Å². The second-order valence-electron chi connectivity index (χ2n) is 4.94. The van der Waals surface area contributed by atoms with Gasteiger partial charge in [0.15, 0.2) is 17.3 Å². The molecule has 5 heteroatoms. The lowest BCUT2D eigenvalue weighted by Crippen LogP contribution is -2.29. The predicted molar refractivity (Wildman–Crippen MR) is 67.6 cm³/mol. The molecule has 5 nitrogen and oxygen atoms in total. The number of carboxylic acid groups (broad SMARTS) is 1. The summed E-state index contributed by atoms with van der Waals surface area (Å²) in [4.78, 5) is 23.6. The maximum Gasteiger partial charge on any atom is 0.314 e. The van der Waals surface area contributed by atoms with Crippen molar-refractivity contribution in [3.05, 3.63) is 23.3 Å². The van der Waals surface area contributed by atoms with Gasteiger partial charge in [0.2, 0.25) is 6.79 Å². The van der Waals surface area contributed by atoms with E-state index in [-0.39, 0.29) is 12.7 Å². The maximum absolute atomic E-state index is 12.4. The van der Waals surface area contributed by atoms with Crippen LogP contribution in [-0.4, -0.2) is 23.7 Å². The van der Waals surface area contributed by atoms with E-state index in [1.54, 1.807) is 32.9 Å². The lowest BCUT2D eigenvalue weighted by atomic mass is 9.86. The molecule has 0 fully saturated rings. The summed E-state index contributed by atoms with van der Waals surface area (Å²) in [6.45, 7) is 5.32. The average Bonchev–Trinajstić information content (AvgIpc) is 2.73. The van der Waals surface area contributed by atoms with Gasteiger partial charge in [-0.3, -0.25) is 9.59 Å². The molecular weight excluding hydrogens is 248 g/mol. The average molecular weight is 264 g/mol. The standard InChI is InChI=1S/C14H16O5/c1-7(2)12(14(16)17)13(15)9-5-11-10(4-8(9)3)18-6-19-11/h4-5,7,12H,6H2,1-3H3,(H,16,17). The number of aryl methyl sites for hydroxylation is 1. The van der Waals surface area contributed by atoms with Crippen molar-refractivity contribution in [2.75, 3.05) is 6.79 Å². The first-order valence-electron chi connectivity index (χ1n) is 6.09. The highest BCUT2D eigenvalue weighted by molar-refractivity contribution is 6.09. The number of carbonyl (C=O) groups excluding carboxylic acids is 1. The Morgan fingerprint density at radius 1 is 1.21 bits per heavy atom. The van der Waals surface area contributed by atoms with Crippen LogP contribution in [0.25, 0.3) is 0 Å². The van der Waals surface area contributed by atoms with Crippen LogP contribution in [0.15, 0.2) is 12.1 Å². The Hall–Kier alpha value is -2.04. The first kappa shape index (κ1) is 13.4. The summed E-state index contributed by atoms with van der Waals surface area (Å²) in [5, 5.41) is 9.18. The Kier molecular flexibility index (Phi) is 3.46. The molecule has 0 aliphatic carbocycles. The fraction of sp³-hybridized carbons (Fsp3) is 0.429. The van der Waals surface area contributed by atoms with Gasteiger partial charge in [-0.05, 0) is 30.5 Å². The number of benzene rings is 1. The van der Waals surface area contributed by atoms with Crippen molar-refractivity contribution >= 4 is 11.8 Å². The lowest BCUT2D eigenvalue weighted by Gasteiger charge is -2.16. The van der Waals surface area contributed by atoms with E-state index >= 15 is 0 Å². The number of aliphatic carboxylic acids is 1. The minimum atomic E-state index is -1.10. The van der Waals surface area contributed by atoms with Crippen molar-refractivity contribution in [2.24, 2.45) is 11.8 Å². The van der Waals surface area contributed by atoms with Gasteiger partial charge in [0.1, 0.15) is 5.92 Å². The van der Waals surface area contributed by atoms with Crippen LogP contribution in [0.3, 0.4) is 0 Å². The van der Waals surface area contributed by atoms with Gasteiger partial charge in [-0.15, -0.1) is 0 Å². The van der Waals surface area contributed by atoms with E-state index in [1.165, 1.54) is 0 Å². The zero-order chi connectivity index (χ0) is 14.2. The van der Waals surface area contributed by atoms with E-state index in [0.29, 0.717) is 22.6 Å². The number of rotatable bonds is 4. The Morgan fingerprint density at radius 3 is 2.32 bits per heavy atom. The predicted octanol–water partition coefficient (Wildman–Crippen LogP) is 2.26. The molecule has 0 amide bonds. The minimum absolute atomic E-state index is 0.124. The first-order valence-corrected chi connectivity index (χ1v) is 6.09. The SMILES string of the molecule is Cc1cc2c(cc1C(=O)C(C(=O)O)C(C)C)OCO2. The summed E-state index contributed by atoms with van der Waals surface area (Å²) < 4.78 is 10.4. The van der Waals surface area contributed by atoms with E-state index < -0.39 is 17.7 Å². The molecular formula is C14H16O5. The quantitative estimate of drug-likeness (QED) is 0.667. The molecule has 1 N–H and O–H groups in total. The van der Waals surface area contributed by atoms with Crippen LogP contribution in [0.5, 0.6) is 11.5 Å². The Morgan fingerprint density at radius 2 is 1.79 bits per heavy atom. The summed E-state index contributed by atoms with van der Waals surface area (Å²) in [6.07, 6.45) is 0. The van der Waals surface area contributed by atoms with Gasteiger partial charge in [-0.2, -0.15) is 0 Å². The number of ketones is 1. The molecule has 1 aliphatic rings. The molecule has 19 heavy (non-hydrogen) atoms. The Labute approximate surface area is 111 Å². The van der Waals surface area contributed by atoms with Crippen LogP contribution in [0.4, 0.5) is 0 Å². The summed E-state index contributed by atoms with van der Waals surface area (Å²) in [6, 6.07) is 3.27. The summed E-state index contributed by atoms with van der Waals surface area (Å²) in [5.41, 5.74) is 1.08. The third kappa shape index (κ3) is 2.41. The van der Waals surface area contributed by atoms with E-state index in [9.17, 15) is 14.7 Å². The monoisotopic (exact) mass is 264 g/mol. The molecule has 0 saturated carbocycles. The second-order valence-corrected chi connectivity index (χ2v) is 4.94. The third-order valence-corrected chi connectivity index (χ3v) is 3.20. The van der Waals surface area contributed by atoms with E-state index in [0.717, 1.165) is 0 Å². The molecule has 1 aromatic carbocycles. The number of carbonyl (C=O) groups is 2. The van der Waals surface area contributed by atoms with Crippen molar-refractivity contribution in [2.45, 2.75) is 20.8 Å². The number of carboxylic acids is 1. The highest BCUT2D eigenvalue weighted by Crippen LogP contribution is 2.35. The van der Waals surface area contributed by atoms with Crippen molar-refractivity contribution in [3.63, 3.8) is 0 Å².